The second-order valence-electron chi connectivity index (χ2n) is 4.81. The lowest BCUT2D eigenvalue weighted by Gasteiger charge is -2.15. The maximum atomic E-state index is 12.5. The lowest BCUT2D eigenvalue weighted by Crippen LogP contribution is -2.25. The van der Waals surface area contributed by atoms with Gasteiger partial charge in [-0.3, -0.25) is 9.59 Å². The summed E-state index contributed by atoms with van der Waals surface area (Å²) in [4.78, 5) is 25.9. The minimum absolute atomic E-state index is 0.0183. The van der Waals surface area contributed by atoms with E-state index in [2.05, 4.69) is 31.9 Å². The first-order valence-corrected chi connectivity index (χ1v) is 7.96. The Labute approximate surface area is 138 Å². The fraction of sp³-hybridized carbons (Fsp3) is 0.200. The largest absolute Gasteiger partial charge is 0.446 e. The van der Waals surface area contributed by atoms with Crippen LogP contribution in [-0.4, -0.2) is 18.2 Å². The van der Waals surface area contributed by atoms with Gasteiger partial charge in [0, 0.05) is 29.2 Å². The minimum atomic E-state index is -0.217. The predicted octanol–water partition coefficient (Wildman–Crippen LogP) is 3.94. The molecule has 1 aliphatic rings. The number of nitrogens with zero attached hydrogens (tertiary/aromatic N) is 1. The molecule has 1 amide bonds. The number of halogens is 2. The van der Waals surface area contributed by atoms with E-state index >= 15 is 0 Å². The van der Waals surface area contributed by atoms with E-state index < -0.39 is 0 Å². The topological polar surface area (TPSA) is 50.5 Å². The van der Waals surface area contributed by atoms with E-state index in [9.17, 15) is 9.59 Å². The van der Waals surface area contributed by atoms with Crippen LogP contribution in [0.3, 0.4) is 0 Å². The molecule has 6 heteroatoms. The number of carbonyl (C=O) groups is 2. The van der Waals surface area contributed by atoms with Crippen molar-refractivity contribution in [2.75, 3.05) is 11.4 Å². The van der Waals surface area contributed by atoms with Crippen LogP contribution in [0.1, 0.15) is 28.6 Å². The van der Waals surface area contributed by atoms with Crippen LogP contribution in [0.15, 0.2) is 37.8 Å². The number of carbonyl (C=O) groups excluding carboxylic acids is 2. The van der Waals surface area contributed by atoms with Crippen LogP contribution >= 0.6 is 31.9 Å². The zero-order chi connectivity index (χ0) is 15.1. The van der Waals surface area contributed by atoms with Crippen LogP contribution in [0.2, 0.25) is 0 Å². The molecule has 1 aromatic heterocycles. The highest BCUT2D eigenvalue weighted by atomic mass is 79.9. The van der Waals surface area contributed by atoms with Crippen LogP contribution in [0.25, 0.3) is 0 Å². The predicted molar refractivity (Wildman–Crippen MR) is 85.7 cm³/mol. The Hall–Kier alpha value is -1.40. The molecule has 4 nitrogen and oxygen atoms in total. The van der Waals surface area contributed by atoms with Crippen LogP contribution in [0.5, 0.6) is 0 Å². The molecule has 2 aromatic rings. The second-order valence-corrected chi connectivity index (χ2v) is 6.45. The fourth-order valence-electron chi connectivity index (χ4n) is 2.48. The van der Waals surface area contributed by atoms with Crippen molar-refractivity contribution < 1.29 is 14.0 Å². The Balaban J connectivity index is 2.06. The third-order valence-corrected chi connectivity index (χ3v) is 4.57. The molecule has 0 fully saturated rings. The van der Waals surface area contributed by atoms with E-state index in [4.69, 9.17) is 4.42 Å². The molecule has 1 aromatic carbocycles. The van der Waals surface area contributed by atoms with E-state index in [1.54, 1.807) is 23.1 Å². The number of furan rings is 1. The van der Waals surface area contributed by atoms with Gasteiger partial charge < -0.3 is 9.32 Å². The van der Waals surface area contributed by atoms with E-state index in [0.717, 1.165) is 17.7 Å². The van der Waals surface area contributed by atoms with E-state index in [-0.39, 0.29) is 17.5 Å². The maximum Gasteiger partial charge on any atom is 0.229 e. The number of benzene rings is 1. The Morgan fingerprint density at radius 1 is 1.24 bits per heavy atom. The molecule has 0 aliphatic carbocycles. The average molecular weight is 413 g/mol. The summed E-state index contributed by atoms with van der Waals surface area (Å²) >= 11 is 6.62. The van der Waals surface area contributed by atoms with Crippen molar-refractivity contribution in [3.63, 3.8) is 0 Å². The van der Waals surface area contributed by atoms with Crippen LogP contribution in [0.4, 0.5) is 5.69 Å². The Bertz CT molecular complexity index is 751. The number of hydrogen-bond acceptors (Lipinski definition) is 3. The van der Waals surface area contributed by atoms with Gasteiger partial charge in [0.25, 0.3) is 0 Å². The van der Waals surface area contributed by atoms with Gasteiger partial charge in [-0.2, -0.15) is 0 Å². The standard InChI is InChI=1S/C15H11Br2NO3/c1-8(19)18-5-4-9-6-11(16)10(7-12(9)18)15(20)13-2-3-14(17)21-13/h2-3,6-7H,4-5H2,1H3. The third kappa shape index (κ3) is 2.58. The quantitative estimate of drug-likeness (QED) is 0.702. The van der Waals surface area contributed by atoms with Crippen molar-refractivity contribution in [1.82, 2.24) is 0 Å². The van der Waals surface area contributed by atoms with Gasteiger partial charge in [0.05, 0.1) is 0 Å². The van der Waals surface area contributed by atoms with Crippen molar-refractivity contribution in [3.05, 3.63) is 50.3 Å². The van der Waals surface area contributed by atoms with Gasteiger partial charge in [-0.1, -0.05) is 15.9 Å². The van der Waals surface area contributed by atoms with Crippen LogP contribution in [-0.2, 0) is 11.2 Å². The smallest absolute Gasteiger partial charge is 0.229 e. The molecule has 0 spiro atoms. The summed E-state index contributed by atoms with van der Waals surface area (Å²) in [6.07, 6.45) is 0.800. The van der Waals surface area contributed by atoms with Crippen LogP contribution < -0.4 is 4.90 Å². The zero-order valence-corrected chi connectivity index (χ0v) is 14.3. The normalized spacial score (nSPS) is 13.4. The zero-order valence-electron chi connectivity index (χ0n) is 11.2. The van der Waals surface area contributed by atoms with Crippen molar-refractivity contribution in [2.24, 2.45) is 0 Å². The lowest BCUT2D eigenvalue weighted by atomic mass is 10.0. The van der Waals surface area contributed by atoms with Crippen LogP contribution in [0, 0.1) is 0 Å². The lowest BCUT2D eigenvalue weighted by molar-refractivity contribution is -0.116. The number of amides is 1. The summed E-state index contributed by atoms with van der Waals surface area (Å²) in [5, 5.41) is 0. The number of ketones is 1. The van der Waals surface area contributed by atoms with Crippen molar-refractivity contribution in [3.8, 4) is 0 Å². The molecular weight excluding hydrogens is 402 g/mol. The molecule has 0 atom stereocenters. The van der Waals surface area contributed by atoms with Gasteiger partial charge in [0.15, 0.2) is 10.4 Å². The molecular formula is C15H11Br2NO3. The highest BCUT2D eigenvalue weighted by Crippen LogP contribution is 2.34. The maximum absolute atomic E-state index is 12.5. The van der Waals surface area contributed by atoms with Gasteiger partial charge in [-0.15, -0.1) is 0 Å². The molecule has 3 rings (SSSR count). The third-order valence-electron chi connectivity index (χ3n) is 3.49. The summed E-state index contributed by atoms with van der Waals surface area (Å²) in [6.45, 7) is 2.18. The summed E-state index contributed by atoms with van der Waals surface area (Å²) in [7, 11) is 0. The molecule has 0 bridgehead atoms. The van der Waals surface area contributed by atoms with Gasteiger partial charge in [0.2, 0.25) is 11.7 Å². The molecule has 0 unspecified atom stereocenters. The average Bonchev–Trinajstić information content (AvgIpc) is 3.02. The Kier molecular flexibility index (Phi) is 3.75. The van der Waals surface area contributed by atoms with Crippen molar-refractivity contribution in [1.29, 1.82) is 0 Å². The first kappa shape index (κ1) is 14.5. The summed E-state index contributed by atoms with van der Waals surface area (Å²) in [5.41, 5.74) is 2.36. The SMILES string of the molecule is CC(=O)N1CCc2cc(Br)c(C(=O)c3ccc(Br)o3)cc21. The monoisotopic (exact) mass is 411 g/mol. The van der Waals surface area contributed by atoms with Gasteiger partial charge in [0.1, 0.15) is 0 Å². The number of rotatable bonds is 2. The molecule has 0 saturated heterocycles. The summed E-state index contributed by atoms with van der Waals surface area (Å²) < 4.78 is 6.53. The van der Waals surface area contributed by atoms with E-state index in [1.165, 1.54) is 6.92 Å². The highest BCUT2D eigenvalue weighted by molar-refractivity contribution is 9.10. The number of fused-ring (bicyclic) bond motifs is 1. The van der Waals surface area contributed by atoms with E-state index in [1.807, 2.05) is 6.07 Å². The summed E-state index contributed by atoms with van der Waals surface area (Å²) in [6, 6.07) is 6.96. The molecule has 0 radical (unpaired) electrons. The first-order valence-electron chi connectivity index (χ1n) is 6.38. The Morgan fingerprint density at radius 2 is 2.00 bits per heavy atom. The minimum Gasteiger partial charge on any atom is -0.446 e. The molecule has 1 aliphatic heterocycles. The molecule has 0 N–H and O–H groups in total. The van der Waals surface area contributed by atoms with Crippen molar-refractivity contribution >= 4 is 49.2 Å². The molecule has 0 saturated carbocycles. The van der Waals surface area contributed by atoms with E-state index in [0.29, 0.717) is 21.3 Å². The fourth-order valence-corrected chi connectivity index (χ4v) is 3.35. The first-order chi connectivity index (χ1) is 9.97. The van der Waals surface area contributed by atoms with Crippen molar-refractivity contribution in [2.45, 2.75) is 13.3 Å². The number of hydrogen-bond donors (Lipinski definition) is 0. The molecule has 21 heavy (non-hydrogen) atoms. The molecule has 2 heterocycles. The second kappa shape index (κ2) is 5.42. The highest BCUT2D eigenvalue weighted by Gasteiger charge is 2.26. The Morgan fingerprint density at radius 3 is 2.62 bits per heavy atom. The van der Waals surface area contributed by atoms with Gasteiger partial charge in [-0.25, -0.2) is 0 Å². The summed E-state index contributed by atoms with van der Waals surface area (Å²) in [5.74, 6) is 0.0240. The number of anilines is 1. The van der Waals surface area contributed by atoms with Gasteiger partial charge >= 0.3 is 0 Å². The molecule has 108 valence electrons. The van der Waals surface area contributed by atoms with Gasteiger partial charge in [-0.05, 0) is 52.2 Å².